The second kappa shape index (κ2) is 6.60. The van der Waals surface area contributed by atoms with E-state index in [9.17, 15) is 4.79 Å². The molecule has 1 aromatic rings. The van der Waals surface area contributed by atoms with Crippen LogP contribution < -0.4 is 15.1 Å². The number of methoxy groups -OCH3 is 1. The molecule has 5 heteroatoms. The Balaban J connectivity index is 2.49. The number of benzene rings is 1. The average molecular weight is 317 g/mol. The van der Waals surface area contributed by atoms with Crippen molar-refractivity contribution in [3.05, 3.63) is 23.3 Å². The molecule has 0 fully saturated rings. The van der Waals surface area contributed by atoms with Crippen molar-refractivity contribution < 1.29 is 9.53 Å². The Morgan fingerprint density at radius 1 is 1.52 bits per heavy atom. The fourth-order valence-corrected chi connectivity index (χ4v) is 3.60. The molecule has 0 bridgehead atoms. The van der Waals surface area contributed by atoms with Crippen LogP contribution in [0.15, 0.2) is 17.2 Å². The number of ether oxygens (including phenoxy) is 1. The highest BCUT2D eigenvalue weighted by Gasteiger charge is 2.36. The normalized spacial score (nSPS) is 19.6. The quantitative estimate of drug-likeness (QED) is 0.685. The molecule has 0 radical (unpaired) electrons. The third kappa shape index (κ3) is 3.49. The molecule has 1 N–H and O–H groups in total. The molecule has 1 aliphatic rings. The predicted molar refractivity (Wildman–Crippen MR) is 94.5 cm³/mol. The SMILES string of the molecule is CCN1c2cc(OC)c(/C=N\NC(C)=O)cc2C(C)CC1(C)C. The number of hydrogen-bond acceptors (Lipinski definition) is 4. The van der Waals surface area contributed by atoms with Gasteiger partial charge in [0.25, 0.3) is 0 Å². The van der Waals surface area contributed by atoms with Crippen LogP contribution in [0.25, 0.3) is 0 Å². The number of fused-ring (bicyclic) bond motifs is 1. The monoisotopic (exact) mass is 317 g/mol. The van der Waals surface area contributed by atoms with Gasteiger partial charge in [-0.3, -0.25) is 4.79 Å². The summed E-state index contributed by atoms with van der Waals surface area (Å²) in [6.45, 7) is 11.4. The number of anilines is 1. The maximum absolute atomic E-state index is 11.0. The van der Waals surface area contributed by atoms with E-state index in [0.29, 0.717) is 5.92 Å². The van der Waals surface area contributed by atoms with Crippen LogP contribution in [0, 0.1) is 0 Å². The second-order valence-corrected chi connectivity index (χ2v) is 6.74. The standard InChI is InChI=1S/C18H27N3O2/c1-7-21-16-9-17(23-6)14(11-19-20-13(3)22)8-15(16)12(2)10-18(21,4)5/h8-9,11-12H,7,10H2,1-6H3,(H,20,22)/b19-11-. The predicted octanol–water partition coefficient (Wildman–Crippen LogP) is 3.28. The number of carbonyl (C=O) groups excluding carboxylic acids is 1. The van der Waals surface area contributed by atoms with Gasteiger partial charge in [0.15, 0.2) is 0 Å². The number of nitrogens with one attached hydrogen (secondary N) is 1. The van der Waals surface area contributed by atoms with Crippen LogP contribution in [0.2, 0.25) is 0 Å². The molecular weight excluding hydrogens is 290 g/mol. The van der Waals surface area contributed by atoms with E-state index >= 15 is 0 Å². The molecule has 0 spiro atoms. The summed E-state index contributed by atoms with van der Waals surface area (Å²) < 4.78 is 5.53. The molecule has 2 rings (SSSR count). The third-order valence-electron chi connectivity index (χ3n) is 4.48. The van der Waals surface area contributed by atoms with Gasteiger partial charge in [0, 0.05) is 36.3 Å². The lowest BCUT2D eigenvalue weighted by atomic mass is 9.79. The highest BCUT2D eigenvalue weighted by molar-refractivity contribution is 5.87. The van der Waals surface area contributed by atoms with Crippen LogP contribution in [-0.4, -0.2) is 31.3 Å². The third-order valence-corrected chi connectivity index (χ3v) is 4.48. The molecule has 1 amide bonds. The van der Waals surface area contributed by atoms with Gasteiger partial charge in [-0.05, 0) is 44.7 Å². The summed E-state index contributed by atoms with van der Waals surface area (Å²) in [4.78, 5) is 13.4. The van der Waals surface area contributed by atoms with Gasteiger partial charge in [-0.25, -0.2) is 5.43 Å². The van der Waals surface area contributed by atoms with E-state index in [4.69, 9.17) is 4.74 Å². The molecule has 5 nitrogen and oxygen atoms in total. The molecule has 23 heavy (non-hydrogen) atoms. The lowest BCUT2D eigenvalue weighted by molar-refractivity contribution is -0.118. The van der Waals surface area contributed by atoms with Gasteiger partial charge >= 0.3 is 0 Å². The van der Waals surface area contributed by atoms with E-state index in [1.807, 2.05) is 0 Å². The summed E-state index contributed by atoms with van der Waals surface area (Å²) in [6, 6.07) is 4.22. The summed E-state index contributed by atoms with van der Waals surface area (Å²) in [5, 5.41) is 3.97. The smallest absolute Gasteiger partial charge is 0.236 e. The van der Waals surface area contributed by atoms with Crippen molar-refractivity contribution in [1.29, 1.82) is 0 Å². The largest absolute Gasteiger partial charge is 0.496 e. The zero-order valence-corrected chi connectivity index (χ0v) is 14.9. The average Bonchev–Trinajstić information content (AvgIpc) is 2.46. The van der Waals surface area contributed by atoms with Crippen LogP contribution in [0.5, 0.6) is 5.75 Å². The lowest BCUT2D eigenvalue weighted by Gasteiger charge is -2.47. The van der Waals surface area contributed by atoms with Gasteiger partial charge in [0.05, 0.1) is 13.3 Å². The van der Waals surface area contributed by atoms with Gasteiger partial charge in [-0.1, -0.05) is 6.92 Å². The molecular formula is C18H27N3O2. The minimum Gasteiger partial charge on any atom is -0.496 e. The number of hydrogen-bond donors (Lipinski definition) is 1. The van der Waals surface area contributed by atoms with Crippen LogP contribution >= 0.6 is 0 Å². The lowest BCUT2D eigenvalue weighted by Crippen LogP contribution is -2.48. The molecule has 1 aliphatic heterocycles. The van der Waals surface area contributed by atoms with E-state index in [2.05, 4.69) is 55.3 Å². The van der Waals surface area contributed by atoms with Crippen molar-refractivity contribution >= 4 is 17.8 Å². The van der Waals surface area contributed by atoms with Crippen LogP contribution in [-0.2, 0) is 4.79 Å². The maximum Gasteiger partial charge on any atom is 0.236 e. The Morgan fingerprint density at radius 3 is 2.78 bits per heavy atom. The Labute approximate surface area is 138 Å². The highest BCUT2D eigenvalue weighted by atomic mass is 16.5. The highest BCUT2D eigenvalue weighted by Crippen LogP contribution is 2.45. The minimum absolute atomic E-state index is 0.123. The van der Waals surface area contributed by atoms with Gasteiger partial charge in [0.2, 0.25) is 5.91 Å². The number of amides is 1. The first-order valence-corrected chi connectivity index (χ1v) is 8.09. The molecule has 126 valence electrons. The van der Waals surface area contributed by atoms with Gasteiger partial charge in [0.1, 0.15) is 5.75 Å². The van der Waals surface area contributed by atoms with Crippen LogP contribution in [0.3, 0.4) is 0 Å². The van der Waals surface area contributed by atoms with E-state index in [-0.39, 0.29) is 11.4 Å². The van der Waals surface area contributed by atoms with Crippen molar-refractivity contribution in [3.8, 4) is 5.75 Å². The topological polar surface area (TPSA) is 53.9 Å². The Kier molecular flexibility index (Phi) is 4.97. The minimum atomic E-state index is -0.189. The zero-order valence-electron chi connectivity index (χ0n) is 14.9. The van der Waals surface area contributed by atoms with E-state index in [1.165, 1.54) is 18.2 Å². The van der Waals surface area contributed by atoms with Gasteiger partial charge in [-0.2, -0.15) is 5.10 Å². The van der Waals surface area contributed by atoms with Crippen LogP contribution in [0.4, 0.5) is 5.69 Å². The summed E-state index contributed by atoms with van der Waals surface area (Å²) in [6.07, 6.45) is 2.74. The zero-order chi connectivity index (χ0) is 17.2. The van der Waals surface area contributed by atoms with Gasteiger partial charge in [-0.15, -0.1) is 0 Å². The van der Waals surface area contributed by atoms with Crippen molar-refractivity contribution in [2.24, 2.45) is 5.10 Å². The number of hydrazone groups is 1. The Hall–Kier alpha value is -2.04. The fourth-order valence-electron chi connectivity index (χ4n) is 3.60. The van der Waals surface area contributed by atoms with E-state index in [1.54, 1.807) is 13.3 Å². The molecule has 1 aromatic carbocycles. The van der Waals surface area contributed by atoms with Crippen molar-refractivity contribution in [2.45, 2.75) is 52.5 Å². The summed E-state index contributed by atoms with van der Waals surface area (Å²) in [5.41, 5.74) is 5.96. The van der Waals surface area contributed by atoms with E-state index < -0.39 is 0 Å². The van der Waals surface area contributed by atoms with Crippen molar-refractivity contribution in [2.75, 3.05) is 18.6 Å². The molecule has 1 unspecified atom stereocenters. The summed E-state index contributed by atoms with van der Waals surface area (Å²) in [7, 11) is 1.66. The maximum atomic E-state index is 11.0. The number of carbonyl (C=O) groups is 1. The molecule has 0 saturated carbocycles. The molecule has 0 aliphatic carbocycles. The number of nitrogens with zero attached hydrogens (tertiary/aromatic N) is 2. The Morgan fingerprint density at radius 2 is 2.22 bits per heavy atom. The second-order valence-electron chi connectivity index (χ2n) is 6.74. The number of rotatable bonds is 4. The van der Waals surface area contributed by atoms with E-state index in [0.717, 1.165) is 24.3 Å². The first kappa shape index (κ1) is 17.3. The molecule has 0 saturated heterocycles. The molecule has 1 atom stereocenters. The summed E-state index contributed by atoms with van der Waals surface area (Å²) in [5.74, 6) is 1.04. The first-order chi connectivity index (χ1) is 10.8. The fraction of sp³-hybridized carbons (Fsp3) is 0.556. The summed E-state index contributed by atoms with van der Waals surface area (Å²) >= 11 is 0. The molecule has 0 aromatic heterocycles. The first-order valence-electron chi connectivity index (χ1n) is 8.09. The van der Waals surface area contributed by atoms with Crippen molar-refractivity contribution in [1.82, 2.24) is 5.43 Å². The molecule has 1 heterocycles. The Bertz CT molecular complexity index is 623. The van der Waals surface area contributed by atoms with Gasteiger partial charge < -0.3 is 9.64 Å². The van der Waals surface area contributed by atoms with Crippen LogP contribution in [0.1, 0.15) is 58.1 Å². The van der Waals surface area contributed by atoms with Crippen molar-refractivity contribution in [3.63, 3.8) is 0 Å².